The predicted octanol–water partition coefficient (Wildman–Crippen LogP) is 8.32. The summed E-state index contributed by atoms with van der Waals surface area (Å²) in [6.07, 6.45) is 14.7. The molecule has 3 aromatic rings. The maximum Gasteiger partial charge on any atom is 0.260 e. The first kappa shape index (κ1) is 39.0. The summed E-state index contributed by atoms with van der Waals surface area (Å²) in [5.41, 5.74) is 4.46. The molecule has 0 saturated heterocycles. The van der Waals surface area contributed by atoms with Crippen LogP contribution in [-0.2, 0) is 0 Å². The van der Waals surface area contributed by atoms with E-state index in [1.54, 1.807) is 51.5 Å². The van der Waals surface area contributed by atoms with Crippen molar-refractivity contribution in [1.29, 1.82) is 0 Å². The lowest BCUT2D eigenvalue weighted by molar-refractivity contribution is 0.0815. The molecule has 2 heterocycles. The maximum atomic E-state index is 13.7. The number of amides is 2. The van der Waals surface area contributed by atoms with Gasteiger partial charge in [-0.3, -0.25) is 14.6 Å². The first-order chi connectivity index (χ1) is 26.7. The number of rotatable bonds is 16. The van der Waals surface area contributed by atoms with Crippen LogP contribution in [0.2, 0.25) is 0 Å². The van der Waals surface area contributed by atoms with Crippen LogP contribution in [0.4, 0.5) is 11.4 Å². The van der Waals surface area contributed by atoms with Crippen molar-refractivity contribution in [3.8, 4) is 28.7 Å². The van der Waals surface area contributed by atoms with E-state index in [-0.39, 0.29) is 23.9 Å². The second kappa shape index (κ2) is 17.6. The first-order valence-corrected chi connectivity index (χ1v) is 18.9. The van der Waals surface area contributed by atoms with Crippen molar-refractivity contribution in [2.75, 3.05) is 53.5 Å². The number of hydrogen-bond donors (Lipinski definition) is 0. The summed E-state index contributed by atoms with van der Waals surface area (Å²) in [7, 11) is 8.54. The zero-order valence-corrected chi connectivity index (χ0v) is 32.7. The molecule has 2 amide bonds. The molecule has 1 unspecified atom stereocenters. The Morgan fingerprint density at radius 3 is 2.22 bits per heavy atom. The number of methoxy groups -OCH3 is 3. The van der Waals surface area contributed by atoms with E-state index >= 15 is 0 Å². The second-order valence-electron chi connectivity index (χ2n) is 14.1. The smallest absolute Gasteiger partial charge is 0.260 e. The zero-order valence-electron chi connectivity index (χ0n) is 32.7. The Bertz CT molecular complexity index is 1970. The third kappa shape index (κ3) is 8.51. The van der Waals surface area contributed by atoms with E-state index in [4.69, 9.17) is 28.7 Å². The number of ether oxygens (including phenoxy) is 5. The monoisotopic (exact) mass is 748 g/mol. The van der Waals surface area contributed by atoms with Gasteiger partial charge in [-0.2, -0.15) is 0 Å². The van der Waals surface area contributed by atoms with Crippen LogP contribution in [0.3, 0.4) is 0 Å². The standard InChI is InChI=1S/C44H52N4O7/c1-8-46(3)43(49)35-24-40(53-7)42(26-38(35)47(4)37-15-11-10-14-29(37)2)55-21-13-9-12-20-54-41-25-36-34(23-39(41)52-6)44(50)48-28-31(22-32(48)27-45-36)30-16-18-33(51-5)19-17-30/h8,10-11,16-19,23-29,32,37H,1,9,12-15,20-22H2,2-7H3/t29-,32-,37?/m0/s1. The Morgan fingerprint density at radius 1 is 0.891 bits per heavy atom. The van der Waals surface area contributed by atoms with Crippen LogP contribution >= 0.6 is 0 Å². The van der Waals surface area contributed by atoms with Crippen LogP contribution in [0.1, 0.15) is 71.7 Å². The number of carbonyl (C=O) groups is 2. The molecule has 2 aliphatic heterocycles. The molecule has 3 aliphatic rings. The molecule has 0 saturated carbocycles. The number of aliphatic imine (C=N–C) groups is 1. The normalized spacial score (nSPS) is 18.4. The van der Waals surface area contributed by atoms with Gasteiger partial charge >= 0.3 is 0 Å². The van der Waals surface area contributed by atoms with Crippen molar-refractivity contribution in [3.63, 3.8) is 0 Å². The molecule has 11 heteroatoms. The number of carbonyl (C=O) groups excluding carboxylic acids is 2. The van der Waals surface area contributed by atoms with Gasteiger partial charge in [0.25, 0.3) is 11.8 Å². The fourth-order valence-electron chi connectivity index (χ4n) is 7.33. The number of hydrogen-bond acceptors (Lipinski definition) is 9. The van der Waals surface area contributed by atoms with Crippen LogP contribution in [0, 0.1) is 5.92 Å². The van der Waals surface area contributed by atoms with E-state index in [0.717, 1.165) is 54.7 Å². The Balaban J connectivity index is 1.06. The molecule has 0 fully saturated rings. The van der Waals surface area contributed by atoms with Crippen molar-refractivity contribution >= 4 is 35.0 Å². The second-order valence-corrected chi connectivity index (χ2v) is 14.1. The first-order valence-electron chi connectivity index (χ1n) is 18.9. The van der Waals surface area contributed by atoms with E-state index in [2.05, 4.69) is 30.6 Å². The molecule has 0 spiro atoms. The van der Waals surface area contributed by atoms with Gasteiger partial charge in [0.15, 0.2) is 23.0 Å². The number of nitrogens with zero attached hydrogens (tertiary/aromatic N) is 4. The average molecular weight is 749 g/mol. The van der Waals surface area contributed by atoms with Crippen LogP contribution < -0.4 is 28.6 Å². The van der Waals surface area contributed by atoms with Crippen molar-refractivity contribution < 1.29 is 33.3 Å². The van der Waals surface area contributed by atoms with E-state index in [9.17, 15) is 9.59 Å². The fraction of sp³-hybridized carbons (Fsp3) is 0.386. The summed E-state index contributed by atoms with van der Waals surface area (Å²) in [5, 5.41) is 0. The third-order valence-corrected chi connectivity index (χ3v) is 10.7. The van der Waals surface area contributed by atoms with Gasteiger partial charge in [-0.1, -0.05) is 37.8 Å². The van der Waals surface area contributed by atoms with Crippen molar-refractivity contribution in [1.82, 2.24) is 9.80 Å². The molecule has 55 heavy (non-hydrogen) atoms. The minimum Gasteiger partial charge on any atom is -0.497 e. The van der Waals surface area contributed by atoms with Crippen LogP contribution in [0.25, 0.3) is 5.57 Å². The topological polar surface area (TPSA) is 102 Å². The van der Waals surface area contributed by atoms with E-state index in [0.29, 0.717) is 65.4 Å². The van der Waals surface area contributed by atoms with Crippen molar-refractivity contribution in [2.45, 2.75) is 57.5 Å². The molecule has 3 atom stereocenters. The van der Waals surface area contributed by atoms with E-state index in [1.165, 1.54) is 11.1 Å². The van der Waals surface area contributed by atoms with Gasteiger partial charge in [-0.25, -0.2) is 0 Å². The van der Waals surface area contributed by atoms with Gasteiger partial charge in [0.05, 0.1) is 63.1 Å². The molecule has 290 valence electrons. The summed E-state index contributed by atoms with van der Waals surface area (Å²) in [5.74, 6) is 3.04. The molecule has 0 bridgehead atoms. The lowest BCUT2D eigenvalue weighted by atomic mass is 9.89. The molecule has 0 N–H and O–H groups in total. The fourth-order valence-corrected chi connectivity index (χ4v) is 7.33. The summed E-state index contributed by atoms with van der Waals surface area (Å²) in [6, 6.07) is 15.1. The Morgan fingerprint density at radius 2 is 1.56 bits per heavy atom. The lowest BCUT2D eigenvalue weighted by Gasteiger charge is -2.37. The Kier molecular flexibility index (Phi) is 12.5. The minimum atomic E-state index is -0.181. The van der Waals surface area contributed by atoms with Crippen LogP contribution in [0.15, 0.2) is 84.7 Å². The molecule has 1 aliphatic carbocycles. The highest BCUT2D eigenvalue weighted by molar-refractivity contribution is 6.05. The lowest BCUT2D eigenvalue weighted by Crippen LogP contribution is -2.39. The number of benzene rings is 3. The van der Waals surface area contributed by atoms with Crippen LogP contribution in [0.5, 0.6) is 28.7 Å². The van der Waals surface area contributed by atoms with Crippen LogP contribution in [-0.4, -0.2) is 88.6 Å². The maximum absolute atomic E-state index is 13.7. The van der Waals surface area contributed by atoms with Gasteiger partial charge < -0.3 is 38.4 Å². The minimum absolute atomic E-state index is 0.132. The van der Waals surface area contributed by atoms with Crippen molar-refractivity contribution in [3.05, 3.63) is 96.4 Å². The molecule has 3 aromatic carbocycles. The molecule has 0 radical (unpaired) electrons. The highest BCUT2D eigenvalue weighted by atomic mass is 16.5. The third-order valence-electron chi connectivity index (χ3n) is 10.7. The number of fused-ring (bicyclic) bond motifs is 2. The average Bonchev–Trinajstić information content (AvgIpc) is 3.60. The molecule has 11 nitrogen and oxygen atoms in total. The van der Waals surface area contributed by atoms with Gasteiger partial charge in [0, 0.05) is 51.1 Å². The Labute approximate surface area is 324 Å². The quantitative estimate of drug-likeness (QED) is 0.107. The summed E-state index contributed by atoms with van der Waals surface area (Å²) < 4.78 is 29.1. The predicted molar refractivity (Wildman–Crippen MR) is 217 cm³/mol. The highest BCUT2D eigenvalue weighted by Crippen LogP contribution is 2.41. The molecular formula is C44H52N4O7. The van der Waals surface area contributed by atoms with Gasteiger partial charge in [0.1, 0.15) is 5.75 Å². The number of allylic oxidation sites excluding steroid dienone is 1. The summed E-state index contributed by atoms with van der Waals surface area (Å²) >= 11 is 0. The molecule has 6 rings (SSSR count). The molecular weight excluding hydrogens is 697 g/mol. The summed E-state index contributed by atoms with van der Waals surface area (Å²) in [4.78, 5) is 37.3. The molecule has 0 aromatic heterocycles. The largest absolute Gasteiger partial charge is 0.497 e. The van der Waals surface area contributed by atoms with Gasteiger partial charge in [-0.05, 0) is 79.6 Å². The van der Waals surface area contributed by atoms with Crippen molar-refractivity contribution in [2.24, 2.45) is 10.9 Å². The number of anilines is 1. The zero-order chi connectivity index (χ0) is 39.1. The van der Waals surface area contributed by atoms with E-state index in [1.807, 2.05) is 49.8 Å². The SMILES string of the molecule is C=CN(C)C(=O)c1cc(OC)c(OCCCCCOc2cc3c(cc2OC)C(=O)N2C=C(c4ccc(OC)cc4)C[C@H]2C=N3)cc1N(C)C1CC=CC[C@@H]1C. The van der Waals surface area contributed by atoms with Gasteiger partial charge in [-0.15, -0.1) is 0 Å². The highest BCUT2D eigenvalue weighted by Gasteiger charge is 2.34. The van der Waals surface area contributed by atoms with Gasteiger partial charge in [0.2, 0.25) is 0 Å². The number of unbranched alkanes of at least 4 members (excludes halogenated alkanes) is 2. The summed E-state index contributed by atoms with van der Waals surface area (Å²) in [6.45, 7) is 6.94. The van der Waals surface area contributed by atoms with E-state index < -0.39 is 0 Å². The Hall–Kier alpha value is -5.71.